The van der Waals surface area contributed by atoms with Crippen molar-refractivity contribution >= 4 is 34.7 Å². The molecule has 4 nitrogen and oxygen atoms in total. The standard InChI is InChI=1S/C23H25ClN2O2S/c1-14(2)13-28-23(27)25-20-10-5-15(3)18(11-20)12-21-26-22(16(4)29-21)17-6-8-19(24)9-7-17/h5-11,14H,12-13H2,1-4H3,(H,25,27). The van der Waals surface area contributed by atoms with Crippen molar-refractivity contribution in [2.75, 3.05) is 11.9 Å². The van der Waals surface area contributed by atoms with E-state index in [1.807, 2.05) is 56.3 Å². The number of amides is 1. The first-order chi connectivity index (χ1) is 13.8. The zero-order chi connectivity index (χ0) is 21.0. The Morgan fingerprint density at radius 2 is 1.90 bits per heavy atom. The Kier molecular flexibility index (Phi) is 6.93. The lowest BCUT2D eigenvalue weighted by molar-refractivity contribution is 0.147. The van der Waals surface area contributed by atoms with Crippen LogP contribution in [0.1, 0.15) is 34.9 Å². The number of aryl methyl sites for hydroxylation is 2. The molecule has 0 aliphatic rings. The van der Waals surface area contributed by atoms with E-state index in [4.69, 9.17) is 21.3 Å². The SMILES string of the molecule is Cc1ccc(NC(=O)OCC(C)C)cc1Cc1nc(-c2ccc(Cl)cc2)c(C)s1. The Labute approximate surface area is 180 Å². The zero-order valence-electron chi connectivity index (χ0n) is 17.1. The highest BCUT2D eigenvalue weighted by Crippen LogP contribution is 2.30. The number of aromatic nitrogens is 1. The van der Waals surface area contributed by atoms with Crippen LogP contribution >= 0.6 is 22.9 Å². The monoisotopic (exact) mass is 428 g/mol. The van der Waals surface area contributed by atoms with Gasteiger partial charge >= 0.3 is 6.09 Å². The molecule has 1 heterocycles. The van der Waals surface area contributed by atoms with Crippen LogP contribution in [0.3, 0.4) is 0 Å². The van der Waals surface area contributed by atoms with Crippen LogP contribution in [0.2, 0.25) is 5.02 Å². The van der Waals surface area contributed by atoms with Gasteiger partial charge in [0.15, 0.2) is 0 Å². The zero-order valence-corrected chi connectivity index (χ0v) is 18.7. The summed E-state index contributed by atoms with van der Waals surface area (Å²) in [7, 11) is 0. The number of thiazole rings is 1. The number of hydrogen-bond donors (Lipinski definition) is 1. The van der Waals surface area contributed by atoms with Gasteiger partial charge in [-0.25, -0.2) is 9.78 Å². The van der Waals surface area contributed by atoms with Crippen molar-refractivity contribution in [3.63, 3.8) is 0 Å². The molecule has 0 atom stereocenters. The Bertz CT molecular complexity index is 997. The molecule has 0 radical (unpaired) electrons. The van der Waals surface area contributed by atoms with Gasteiger partial charge in [-0.3, -0.25) is 5.32 Å². The Morgan fingerprint density at radius 1 is 1.17 bits per heavy atom. The van der Waals surface area contributed by atoms with E-state index in [2.05, 4.69) is 19.2 Å². The summed E-state index contributed by atoms with van der Waals surface area (Å²) in [6.45, 7) is 8.56. The number of nitrogens with zero attached hydrogens (tertiary/aromatic N) is 1. The molecular weight excluding hydrogens is 404 g/mol. The van der Waals surface area contributed by atoms with Crippen molar-refractivity contribution in [1.29, 1.82) is 0 Å². The first-order valence-corrected chi connectivity index (χ1v) is 10.8. The molecule has 3 rings (SSSR count). The maximum absolute atomic E-state index is 11.9. The van der Waals surface area contributed by atoms with E-state index in [1.165, 1.54) is 4.88 Å². The van der Waals surface area contributed by atoms with E-state index < -0.39 is 6.09 Å². The van der Waals surface area contributed by atoms with Gasteiger partial charge in [-0.05, 0) is 55.2 Å². The fraction of sp³-hybridized carbons (Fsp3) is 0.304. The van der Waals surface area contributed by atoms with E-state index >= 15 is 0 Å². The highest BCUT2D eigenvalue weighted by molar-refractivity contribution is 7.12. The molecule has 2 aromatic carbocycles. The third-order valence-corrected chi connectivity index (χ3v) is 5.67. The number of rotatable bonds is 6. The molecule has 0 aliphatic heterocycles. The second kappa shape index (κ2) is 9.42. The first kappa shape index (κ1) is 21.3. The summed E-state index contributed by atoms with van der Waals surface area (Å²) < 4.78 is 5.20. The van der Waals surface area contributed by atoms with E-state index in [1.54, 1.807) is 11.3 Å². The van der Waals surface area contributed by atoms with Crippen LogP contribution in [0, 0.1) is 19.8 Å². The predicted molar refractivity (Wildman–Crippen MR) is 121 cm³/mol. The predicted octanol–water partition coefficient (Wildman–Crippen LogP) is 6.88. The van der Waals surface area contributed by atoms with Gasteiger partial charge in [0.1, 0.15) is 0 Å². The smallest absolute Gasteiger partial charge is 0.411 e. The fourth-order valence-electron chi connectivity index (χ4n) is 2.90. The fourth-order valence-corrected chi connectivity index (χ4v) is 4.01. The molecule has 0 unspecified atom stereocenters. The molecule has 29 heavy (non-hydrogen) atoms. The maximum atomic E-state index is 11.9. The van der Waals surface area contributed by atoms with Gasteiger partial charge in [-0.1, -0.05) is 43.6 Å². The molecule has 0 fully saturated rings. The summed E-state index contributed by atoms with van der Waals surface area (Å²) in [6.07, 6.45) is 0.283. The normalized spacial score (nSPS) is 11.0. The van der Waals surface area contributed by atoms with E-state index in [-0.39, 0.29) is 0 Å². The molecule has 6 heteroatoms. The number of anilines is 1. The third-order valence-electron chi connectivity index (χ3n) is 4.44. The first-order valence-electron chi connectivity index (χ1n) is 9.57. The number of carbonyl (C=O) groups excluding carboxylic acids is 1. The highest BCUT2D eigenvalue weighted by Gasteiger charge is 2.13. The molecular formula is C23H25ClN2O2S. The average molecular weight is 429 g/mol. The van der Waals surface area contributed by atoms with Crippen LogP contribution in [-0.2, 0) is 11.2 Å². The second-order valence-electron chi connectivity index (χ2n) is 7.45. The molecule has 0 aliphatic carbocycles. The van der Waals surface area contributed by atoms with Crippen molar-refractivity contribution in [3.05, 3.63) is 68.5 Å². The van der Waals surface area contributed by atoms with Crippen LogP contribution < -0.4 is 5.32 Å². The molecule has 152 valence electrons. The lowest BCUT2D eigenvalue weighted by Gasteiger charge is -2.11. The van der Waals surface area contributed by atoms with Gasteiger partial charge in [-0.2, -0.15) is 0 Å². The van der Waals surface area contributed by atoms with Gasteiger partial charge in [0.2, 0.25) is 0 Å². The van der Waals surface area contributed by atoms with Crippen molar-refractivity contribution in [1.82, 2.24) is 4.98 Å². The van der Waals surface area contributed by atoms with Gasteiger partial charge in [0, 0.05) is 27.6 Å². The number of benzene rings is 2. The molecule has 0 spiro atoms. The van der Waals surface area contributed by atoms with E-state index in [0.29, 0.717) is 24.0 Å². The topological polar surface area (TPSA) is 51.2 Å². The van der Waals surface area contributed by atoms with Crippen LogP contribution in [0.15, 0.2) is 42.5 Å². The van der Waals surface area contributed by atoms with Crippen LogP contribution in [0.25, 0.3) is 11.3 Å². The molecule has 0 bridgehead atoms. The Balaban J connectivity index is 1.75. The number of ether oxygens (including phenoxy) is 1. The summed E-state index contributed by atoms with van der Waals surface area (Å²) in [5, 5.41) is 4.56. The third kappa shape index (κ3) is 5.81. The van der Waals surface area contributed by atoms with Gasteiger partial charge in [0.05, 0.1) is 17.3 Å². The average Bonchev–Trinajstić information content (AvgIpc) is 3.03. The summed E-state index contributed by atoms with van der Waals surface area (Å²) in [5.41, 5.74) is 5.07. The van der Waals surface area contributed by atoms with Crippen LogP contribution in [0.4, 0.5) is 10.5 Å². The summed E-state index contributed by atoms with van der Waals surface area (Å²) in [6, 6.07) is 13.6. The number of carbonyl (C=O) groups is 1. The second-order valence-corrected chi connectivity index (χ2v) is 9.18. The summed E-state index contributed by atoms with van der Waals surface area (Å²) >= 11 is 7.69. The summed E-state index contributed by atoms with van der Waals surface area (Å²) in [4.78, 5) is 18.0. The Morgan fingerprint density at radius 3 is 2.59 bits per heavy atom. The quantitative estimate of drug-likeness (QED) is 0.465. The minimum atomic E-state index is -0.427. The number of nitrogens with one attached hydrogen (secondary N) is 1. The molecule has 1 amide bonds. The molecule has 3 aromatic rings. The molecule has 1 aromatic heterocycles. The lowest BCUT2D eigenvalue weighted by Crippen LogP contribution is -2.16. The van der Waals surface area contributed by atoms with Gasteiger partial charge < -0.3 is 4.74 Å². The van der Waals surface area contributed by atoms with Crippen molar-refractivity contribution in [2.24, 2.45) is 5.92 Å². The van der Waals surface area contributed by atoms with Crippen LogP contribution in [0.5, 0.6) is 0 Å². The minimum Gasteiger partial charge on any atom is -0.449 e. The van der Waals surface area contributed by atoms with Crippen molar-refractivity contribution < 1.29 is 9.53 Å². The maximum Gasteiger partial charge on any atom is 0.411 e. The van der Waals surface area contributed by atoms with E-state index in [0.717, 1.165) is 33.1 Å². The molecule has 0 saturated carbocycles. The number of hydrogen-bond acceptors (Lipinski definition) is 4. The largest absolute Gasteiger partial charge is 0.449 e. The highest BCUT2D eigenvalue weighted by atomic mass is 35.5. The van der Waals surface area contributed by atoms with Crippen LogP contribution in [-0.4, -0.2) is 17.7 Å². The molecule has 1 N–H and O–H groups in total. The minimum absolute atomic E-state index is 0.303. The van der Waals surface area contributed by atoms with Gasteiger partial charge in [-0.15, -0.1) is 11.3 Å². The molecule has 0 saturated heterocycles. The van der Waals surface area contributed by atoms with E-state index in [9.17, 15) is 4.79 Å². The summed E-state index contributed by atoms with van der Waals surface area (Å²) in [5.74, 6) is 0.303. The Hall–Kier alpha value is -2.37. The van der Waals surface area contributed by atoms with Crippen molar-refractivity contribution in [2.45, 2.75) is 34.1 Å². The van der Waals surface area contributed by atoms with Gasteiger partial charge in [0.25, 0.3) is 0 Å². The van der Waals surface area contributed by atoms with Crippen molar-refractivity contribution in [3.8, 4) is 11.3 Å². The number of halogens is 1. The lowest BCUT2D eigenvalue weighted by atomic mass is 10.1.